The average Bonchev–Trinajstić information content (AvgIpc) is 2.26. The molecule has 72 valence electrons. The maximum absolute atomic E-state index is 11.0. The topological polar surface area (TPSA) is 39.2 Å². The molecule has 0 bridgehead atoms. The molecule has 0 unspecified atom stereocenters. The fourth-order valence-electron chi connectivity index (χ4n) is 0.829. The van der Waals surface area contributed by atoms with Crippen molar-refractivity contribution in [2.24, 2.45) is 0 Å². The first-order chi connectivity index (χ1) is 6.77. The van der Waals surface area contributed by atoms with Gasteiger partial charge in [-0.15, -0.1) is 0 Å². The number of nitrogens with zero attached hydrogens (tertiary/aromatic N) is 1. The lowest BCUT2D eigenvalue weighted by Gasteiger charge is -1.96. The summed E-state index contributed by atoms with van der Waals surface area (Å²) in [6.07, 6.45) is 1.54. The average molecular weight is 254 g/mol. The van der Waals surface area contributed by atoms with Gasteiger partial charge < -0.3 is 4.74 Å². The van der Waals surface area contributed by atoms with Gasteiger partial charge in [-0.3, -0.25) is 0 Å². The molecular weight excluding hydrogens is 246 g/mol. The summed E-state index contributed by atoms with van der Waals surface area (Å²) in [5, 5.41) is 0.617. The van der Waals surface area contributed by atoms with Crippen LogP contribution in [0.3, 0.4) is 0 Å². The second-order valence-corrected chi connectivity index (χ2v) is 2.92. The predicted octanol–water partition coefficient (Wildman–Crippen LogP) is 1.61. The van der Waals surface area contributed by atoms with E-state index in [-0.39, 0.29) is 5.69 Å². The standard InChI is InChI=1S/C10H8BrNO2/c1-14-10(13)9-5-4-8(7-12-9)3-2-6-11/h4-5,7H,6H2,1H3. The van der Waals surface area contributed by atoms with E-state index in [4.69, 9.17) is 0 Å². The molecule has 1 heterocycles. The Morgan fingerprint density at radius 1 is 1.64 bits per heavy atom. The first kappa shape index (κ1) is 10.7. The van der Waals surface area contributed by atoms with Crippen molar-refractivity contribution in [1.29, 1.82) is 0 Å². The van der Waals surface area contributed by atoms with Gasteiger partial charge >= 0.3 is 5.97 Å². The van der Waals surface area contributed by atoms with Crippen molar-refractivity contribution in [1.82, 2.24) is 4.98 Å². The van der Waals surface area contributed by atoms with Crippen LogP contribution in [0.2, 0.25) is 0 Å². The number of alkyl halides is 1. The van der Waals surface area contributed by atoms with E-state index in [9.17, 15) is 4.79 Å². The zero-order valence-electron chi connectivity index (χ0n) is 7.58. The molecule has 0 spiro atoms. The minimum absolute atomic E-state index is 0.289. The Labute approximate surface area is 90.6 Å². The largest absolute Gasteiger partial charge is 0.464 e. The highest BCUT2D eigenvalue weighted by atomic mass is 79.9. The van der Waals surface area contributed by atoms with E-state index in [0.29, 0.717) is 5.33 Å². The van der Waals surface area contributed by atoms with Crippen molar-refractivity contribution in [3.05, 3.63) is 29.6 Å². The third kappa shape index (κ3) is 2.86. The number of carbonyl (C=O) groups is 1. The van der Waals surface area contributed by atoms with Crippen molar-refractivity contribution in [2.75, 3.05) is 12.4 Å². The van der Waals surface area contributed by atoms with Crippen molar-refractivity contribution in [2.45, 2.75) is 0 Å². The molecule has 0 radical (unpaired) electrons. The Morgan fingerprint density at radius 3 is 2.93 bits per heavy atom. The lowest BCUT2D eigenvalue weighted by molar-refractivity contribution is 0.0594. The molecule has 0 aliphatic carbocycles. The van der Waals surface area contributed by atoms with Gasteiger partial charge in [-0.2, -0.15) is 0 Å². The highest BCUT2D eigenvalue weighted by molar-refractivity contribution is 9.09. The predicted molar refractivity (Wildman–Crippen MR) is 56.2 cm³/mol. The number of ether oxygens (including phenoxy) is 1. The van der Waals surface area contributed by atoms with E-state index in [1.54, 1.807) is 18.3 Å². The molecular formula is C10H8BrNO2. The Hall–Kier alpha value is -1.34. The van der Waals surface area contributed by atoms with Gasteiger partial charge in [0.2, 0.25) is 0 Å². The molecule has 0 aliphatic heterocycles. The maximum atomic E-state index is 11.0. The number of methoxy groups -OCH3 is 1. The normalized spacial score (nSPS) is 8.71. The van der Waals surface area contributed by atoms with E-state index in [0.717, 1.165) is 5.56 Å². The molecule has 0 saturated carbocycles. The third-order valence-corrected chi connectivity index (χ3v) is 1.74. The van der Waals surface area contributed by atoms with Crippen molar-refractivity contribution >= 4 is 21.9 Å². The van der Waals surface area contributed by atoms with Gasteiger partial charge in [-0.1, -0.05) is 27.8 Å². The summed E-state index contributed by atoms with van der Waals surface area (Å²) in [5.41, 5.74) is 1.06. The van der Waals surface area contributed by atoms with E-state index in [1.807, 2.05) is 0 Å². The Morgan fingerprint density at radius 2 is 2.43 bits per heavy atom. The Kier molecular flexibility index (Phi) is 4.14. The van der Waals surface area contributed by atoms with Gasteiger partial charge in [0.1, 0.15) is 5.69 Å². The van der Waals surface area contributed by atoms with Crippen molar-refractivity contribution < 1.29 is 9.53 Å². The molecule has 3 nitrogen and oxygen atoms in total. The van der Waals surface area contributed by atoms with Crippen LogP contribution in [0.25, 0.3) is 0 Å². The molecule has 1 aromatic rings. The summed E-state index contributed by atoms with van der Waals surface area (Å²) in [5.74, 6) is 5.26. The molecule has 0 amide bonds. The van der Waals surface area contributed by atoms with E-state index in [1.165, 1.54) is 7.11 Å². The number of halogens is 1. The number of aromatic nitrogens is 1. The van der Waals surface area contributed by atoms with Crippen LogP contribution in [0.5, 0.6) is 0 Å². The molecule has 0 saturated heterocycles. The molecule has 0 N–H and O–H groups in total. The van der Waals surface area contributed by atoms with Gasteiger partial charge in [0.05, 0.1) is 12.4 Å². The van der Waals surface area contributed by atoms with Crippen molar-refractivity contribution in [3.8, 4) is 11.8 Å². The van der Waals surface area contributed by atoms with Crippen LogP contribution in [-0.2, 0) is 4.74 Å². The van der Waals surface area contributed by atoms with Crippen LogP contribution >= 0.6 is 15.9 Å². The summed E-state index contributed by atoms with van der Waals surface area (Å²) in [4.78, 5) is 14.9. The number of esters is 1. The molecule has 1 aromatic heterocycles. The highest BCUT2D eigenvalue weighted by Gasteiger charge is 2.04. The third-order valence-electron chi connectivity index (χ3n) is 1.46. The van der Waals surface area contributed by atoms with Gasteiger partial charge in [0, 0.05) is 11.8 Å². The first-order valence-corrected chi connectivity index (χ1v) is 4.99. The lowest BCUT2D eigenvalue weighted by Crippen LogP contribution is -2.03. The fraction of sp³-hybridized carbons (Fsp3) is 0.200. The molecule has 14 heavy (non-hydrogen) atoms. The number of rotatable bonds is 1. The molecule has 0 aromatic carbocycles. The fourth-order valence-corrected chi connectivity index (χ4v) is 0.969. The Bertz CT molecular complexity index is 375. The number of pyridine rings is 1. The van der Waals surface area contributed by atoms with Gasteiger partial charge in [-0.05, 0) is 12.1 Å². The van der Waals surface area contributed by atoms with E-state index >= 15 is 0 Å². The zero-order valence-corrected chi connectivity index (χ0v) is 9.17. The smallest absolute Gasteiger partial charge is 0.356 e. The van der Waals surface area contributed by atoms with Crippen LogP contribution in [-0.4, -0.2) is 23.4 Å². The summed E-state index contributed by atoms with van der Waals surface area (Å²) in [7, 11) is 1.32. The summed E-state index contributed by atoms with van der Waals surface area (Å²) in [6, 6.07) is 3.32. The zero-order chi connectivity index (χ0) is 10.4. The monoisotopic (exact) mass is 253 g/mol. The van der Waals surface area contributed by atoms with E-state index < -0.39 is 5.97 Å². The van der Waals surface area contributed by atoms with Crippen LogP contribution in [0.4, 0.5) is 0 Å². The summed E-state index contributed by atoms with van der Waals surface area (Å²) in [6.45, 7) is 0. The number of hydrogen-bond acceptors (Lipinski definition) is 3. The lowest BCUT2D eigenvalue weighted by atomic mass is 10.2. The van der Waals surface area contributed by atoms with Crippen molar-refractivity contribution in [3.63, 3.8) is 0 Å². The van der Waals surface area contributed by atoms with Crippen LogP contribution in [0.15, 0.2) is 18.3 Å². The van der Waals surface area contributed by atoms with E-state index in [2.05, 4.69) is 37.5 Å². The Balaban J connectivity index is 2.83. The maximum Gasteiger partial charge on any atom is 0.356 e. The minimum atomic E-state index is -0.440. The second-order valence-electron chi connectivity index (χ2n) is 2.36. The van der Waals surface area contributed by atoms with Crippen LogP contribution in [0, 0.1) is 11.8 Å². The quantitative estimate of drug-likeness (QED) is 0.434. The van der Waals surface area contributed by atoms with Crippen LogP contribution < -0.4 is 0 Å². The SMILES string of the molecule is COC(=O)c1ccc(C#CCBr)cn1. The molecule has 1 rings (SSSR count). The highest BCUT2D eigenvalue weighted by Crippen LogP contribution is 2.00. The molecule has 0 fully saturated rings. The van der Waals surface area contributed by atoms with Gasteiger partial charge in [0.25, 0.3) is 0 Å². The van der Waals surface area contributed by atoms with Gasteiger partial charge in [-0.25, -0.2) is 9.78 Å². The number of carbonyl (C=O) groups excluding carboxylic acids is 1. The molecule has 0 atom stereocenters. The molecule has 0 aliphatic rings. The first-order valence-electron chi connectivity index (χ1n) is 3.87. The van der Waals surface area contributed by atoms with Crippen LogP contribution in [0.1, 0.15) is 16.1 Å². The summed E-state index contributed by atoms with van der Waals surface area (Å²) >= 11 is 3.19. The van der Waals surface area contributed by atoms with Gasteiger partial charge in [0.15, 0.2) is 0 Å². The summed E-state index contributed by atoms with van der Waals surface area (Å²) < 4.78 is 4.51. The molecule has 4 heteroatoms. The minimum Gasteiger partial charge on any atom is -0.464 e. The second kappa shape index (κ2) is 5.40. The number of hydrogen-bond donors (Lipinski definition) is 0.